The quantitative estimate of drug-likeness (QED) is 0.473. The number of carbonyl (C=O) groups is 2. The SMILES string of the molecule is CC(=O)N[C@@H]1CCN(CC(=O)N2C[C@H](c3ccc(Cl)c(Cl)c3)[C@@H](N(C)Cc3ccc(C(F)(F)F)c(F)c3)C2)C1. The molecule has 1 N–H and O–H groups in total. The van der Waals surface area contributed by atoms with E-state index in [0.29, 0.717) is 41.8 Å². The van der Waals surface area contributed by atoms with Gasteiger partial charge in [0.05, 0.1) is 22.2 Å². The first-order valence-corrected chi connectivity index (χ1v) is 13.4. The highest BCUT2D eigenvalue weighted by atomic mass is 35.5. The maximum absolute atomic E-state index is 14.2. The average Bonchev–Trinajstić information content (AvgIpc) is 3.47. The summed E-state index contributed by atoms with van der Waals surface area (Å²) in [7, 11) is 1.80. The third-order valence-corrected chi connectivity index (χ3v) is 8.13. The summed E-state index contributed by atoms with van der Waals surface area (Å²) in [4.78, 5) is 30.4. The summed E-state index contributed by atoms with van der Waals surface area (Å²) < 4.78 is 53.2. The number of nitrogens with zero attached hydrogens (tertiary/aromatic N) is 3. The van der Waals surface area contributed by atoms with Crippen LogP contribution in [0.2, 0.25) is 10.0 Å². The topological polar surface area (TPSA) is 55.9 Å². The zero-order chi connectivity index (χ0) is 28.5. The first-order chi connectivity index (χ1) is 18.3. The number of carbonyl (C=O) groups excluding carboxylic acids is 2. The van der Waals surface area contributed by atoms with Crippen LogP contribution in [0, 0.1) is 5.82 Å². The van der Waals surface area contributed by atoms with E-state index in [1.54, 1.807) is 24.1 Å². The van der Waals surface area contributed by atoms with Crippen molar-refractivity contribution in [3.05, 3.63) is 69.0 Å². The number of hydrogen-bond acceptors (Lipinski definition) is 4. The molecule has 0 saturated carbocycles. The Morgan fingerprint density at radius 3 is 2.46 bits per heavy atom. The van der Waals surface area contributed by atoms with Gasteiger partial charge in [-0.3, -0.25) is 19.4 Å². The van der Waals surface area contributed by atoms with E-state index in [4.69, 9.17) is 23.2 Å². The van der Waals surface area contributed by atoms with Crippen LogP contribution in [0.5, 0.6) is 0 Å². The van der Waals surface area contributed by atoms with Gasteiger partial charge in [0.2, 0.25) is 11.8 Å². The lowest BCUT2D eigenvalue weighted by Crippen LogP contribution is -2.42. The molecule has 0 unspecified atom stereocenters. The Labute approximate surface area is 234 Å². The first kappa shape index (κ1) is 29.6. The Morgan fingerprint density at radius 1 is 1.08 bits per heavy atom. The molecule has 2 aromatic rings. The summed E-state index contributed by atoms with van der Waals surface area (Å²) in [6.45, 7) is 3.95. The Balaban J connectivity index is 1.50. The molecule has 0 bridgehead atoms. The number of nitrogens with one attached hydrogen (secondary N) is 1. The van der Waals surface area contributed by atoms with Gasteiger partial charge in [0.25, 0.3) is 0 Å². The fourth-order valence-electron chi connectivity index (χ4n) is 5.47. The lowest BCUT2D eigenvalue weighted by Gasteiger charge is -2.29. The van der Waals surface area contributed by atoms with Gasteiger partial charge >= 0.3 is 6.18 Å². The third kappa shape index (κ3) is 7.22. The molecule has 4 rings (SSSR count). The molecule has 0 spiro atoms. The predicted octanol–water partition coefficient (Wildman–Crippen LogP) is 4.79. The highest BCUT2D eigenvalue weighted by Crippen LogP contribution is 2.36. The van der Waals surface area contributed by atoms with Gasteiger partial charge in [-0.15, -0.1) is 0 Å². The van der Waals surface area contributed by atoms with Crippen LogP contribution in [-0.4, -0.2) is 78.4 Å². The molecular formula is C27H30Cl2F4N4O2. The molecule has 39 heavy (non-hydrogen) atoms. The number of alkyl halides is 3. The number of likely N-dealkylation sites (tertiary alicyclic amines) is 2. The molecule has 2 aromatic carbocycles. The zero-order valence-corrected chi connectivity index (χ0v) is 23.1. The van der Waals surface area contributed by atoms with E-state index < -0.39 is 17.6 Å². The number of rotatable bonds is 7. The molecule has 3 atom stereocenters. The van der Waals surface area contributed by atoms with Crippen molar-refractivity contribution in [1.82, 2.24) is 20.0 Å². The van der Waals surface area contributed by atoms with Crippen LogP contribution in [-0.2, 0) is 22.3 Å². The molecule has 2 saturated heterocycles. The molecule has 2 heterocycles. The van der Waals surface area contributed by atoms with Crippen LogP contribution in [0.3, 0.4) is 0 Å². The Bertz CT molecular complexity index is 1230. The summed E-state index contributed by atoms with van der Waals surface area (Å²) in [5, 5.41) is 3.67. The van der Waals surface area contributed by atoms with E-state index in [1.807, 2.05) is 15.9 Å². The van der Waals surface area contributed by atoms with E-state index in [1.165, 1.54) is 13.0 Å². The second-order valence-corrected chi connectivity index (χ2v) is 11.1. The van der Waals surface area contributed by atoms with Gasteiger partial charge in [0.1, 0.15) is 5.82 Å². The highest BCUT2D eigenvalue weighted by molar-refractivity contribution is 6.42. The van der Waals surface area contributed by atoms with Crippen LogP contribution in [0.1, 0.15) is 36.0 Å². The van der Waals surface area contributed by atoms with Gasteiger partial charge in [-0.1, -0.05) is 35.3 Å². The van der Waals surface area contributed by atoms with E-state index in [-0.39, 0.29) is 42.9 Å². The Hall–Kier alpha value is -2.40. The lowest BCUT2D eigenvalue weighted by atomic mass is 9.93. The largest absolute Gasteiger partial charge is 0.419 e. The Morgan fingerprint density at radius 2 is 1.82 bits per heavy atom. The fourth-order valence-corrected chi connectivity index (χ4v) is 5.78. The second-order valence-electron chi connectivity index (χ2n) is 10.3. The summed E-state index contributed by atoms with van der Waals surface area (Å²) in [5.41, 5.74) is -0.0355. The monoisotopic (exact) mass is 588 g/mol. The van der Waals surface area contributed by atoms with Crippen LogP contribution in [0.15, 0.2) is 36.4 Å². The fraction of sp³-hybridized carbons (Fsp3) is 0.481. The van der Waals surface area contributed by atoms with E-state index in [2.05, 4.69) is 5.32 Å². The van der Waals surface area contributed by atoms with Crippen molar-refractivity contribution in [3.8, 4) is 0 Å². The molecule has 6 nitrogen and oxygen atoms in total. The molecule has 12 heteroatoms. The number of amides is 2. The van der Waals surface area contributed by atoms with Gasteiger partial charge in [-0.25, -0.2) is 4.39 Å². The van der Waals surface area contributed by atoms with Gasteiger partial charge in [-0.2, -0.15) is 13.2 Å². The summed E-state index contributed by atoms with van der Waals surface area (Å²) >= 11 is 12.4. The van der Waals surface area contributed by atoms with Crippen molar-refractivity contribution in [2.75, 3.05) is 39.8 Å². The normalized spacial score (nSPS) is 22.1. The minimum atomic E-state index is -4.77. The number of halogens is 6. The van der Waals surface area contributed by atoms with Crippen molar-refractivity contribution >= 4 is 35.0 Å². The maximum Gasteiger partial charge on any atom is 0.419 e. The number of likely N-dealkylation sites (N-methyl/N-ethyl adjacent to an activating group) is 1. The van der Waals surface area contributed by atoms with Gasteiger partial charge in [-0.05, 0) is 48.9 Å². The first-order valence-electron chi connectivity index (χ1n) is 12.6. The Kier molecular flexibility index (Phi) is 9.10. The van der Waals surface area contributed by atoms with Crippen molar-refractivity contribution in [3.63, 3.8) is 0 Å². The average molecular weight is 589 g/mol. The van der Waals surface area contributed by atoms with Gasteiger partial charge in [0.15, 0.2) is 0 Å². The van der Waals surface area contributed by atoms with E-state index >= 15 is 0 Å². The standard InChI is InChI=1S/C27H30Cl2F4N4O2/c1-16(38)34-19-7-8-36(12-19)15-26(39)37-13-20(18-4-6-22(28)23(29)10-18)25(14-37)35(2)11-17-3-5-21(24(30)9-17)27(31,32)33/h3-6,9-10,19-20,25H,7-8,11-15H2,1-2H3,(H,34,38)/t19-,20-,25+/m1/s1. The molecule has 2 amide bonds. The highest BCUT2D eigenvalue weighted by Gasteiger charge is 2.40. The van der Waals surface area contributed by atoms with Crippen LogP contribution < -0.4 is 5.32 Å². The van der Waals surface area contributed by atoms with E-state index in [9.17, 15) is 27.2 Å². The molecule has 212 valence electrons. The summed E-state index contributed by atoms with van der Waals surface area (Å²) in [6, 6.07) is 8.05. The van der Waals surface area contributed by atoms with Crippen molar-refractivity contribution in [1.29, 1.82) is 0 Å². The number of hydrogen-bond donors (Lipinski definition) is 1. The third-order valence-electron chi connectivity index (χ3n) is 7.39. The molecule has 2 aliphatic rings. The van der Waals surface area contributed by atoms with Gasteiger partial charge < -0.3 is 10.2 Å². The number of benzene rings is 2. The smallest absolute Gasteiger partial charge is 0.352 e. The molecule has 0 aliphatic carbocycles. The maximum atomic E-state index is 14.2. The van der Waals surface area contributed by atoms with E-state index in [0.717, 1.165) is 24.1 Å². The molecule has 0 aromatic heterocycles. The lowest BCUT2D eigenvalue weighted by molar-refractivity contribution is -0.140. The van der Waals surface area contributed by atoms with Crippen molar-refractivity contribution in [2.45, 2.75) is 44.1 Å². The van der Waals surface area contributed by atoms with Gasteiger partial charge in [0, 0.05) is 57.6 Å². The summed E-state index contributed by atoms with van der Waals surface area (Å²) in [5.74, 6) is -1.63. The molecular weight excluding hydrogens is 559 g/mol. The van der Waals surface area contributed by atoms with Crippen LogP contribution in [0.4, 0.5) is 17.6 Å². The van der Waals surface area contributed by atoms with Crippen molar-refractivity contribution < 1.29 is 27.2 Å². The molecule has 2 aliphatic heterocycles. The minimum Gasteiger partial charge on any atom is -0.352 e. The molecule has 0 radical (unpaired) electrons. The second kappa shape index (κ2) is 12.0. The van der Waals surface area contributed by atoms with Crippen LogP contribution in [0.25, 0.3) is 0 Å². The summed E-state index contributed by atoms with van der Waals surface area (Å²) in [6.07, 6.45) is -3.99. The zero-order valence-electron chi connectivity index (χ0n) is 21.6. The molecule has 2 fully saturated rings. The minimum absolute atomic E-state index is 0.0147. The van der Waals surface area contributed by atoms with Crippen molar-refractivity contribution in [2.24, 2.45) is 0 Å². The van der Waals surface area contributed by atoms with Crippen LogP contribution >= 0.6 is 23.2 Å². The predicted molar refractivity (Wildman–Crippen MR) is 141 cm³/mol.